The molecule has 0 saturated carbocycles. The first-order valence-electron chi connectivity index (χ1n) is 8.24. The quantitative estimate of drug-likeness (QED) is 0.794. The molecule has 0 radical (unpaired) electrons. The number of nitrogens with zero attached hydrogens (tertiary/aromatic N) is 1. The number of carbonyl (C=O) groups excluding carboxylic acids is 1. The Kier molecular flexibility index (Phi) is 3.73. The maximum Gasteiger partial charge on any atom is 0.249 e. The summed E-state index contributed by atoms with van der Waals surface area (Å²) in [5, 5.41) is 0.833. The van der Waals surface area contributed by atoms with E-state index >= 15 is 0 Å². The lowest BCUT2D eigenvalue weighted by atomic mass is 10.0. The lowest BCUT2D eigenvalue weighted by molar-refractivity contribution is 0.100. The number of rotatable bonds is 3. The zero-order valence-corrected chi connectivity index (χ0v) is 14.0. The fourth-order valence-electron chi connectivity index (χ4n) is 3.46. The lowest BCUT2D eigenvalue weighted by Gasteiger charge is -2.09. The molecule has 124 valence electrons. The number of carbonyl (C=O) groups is 1. The molecule has 0 spiro atoms. The molecular weight excluding hydrogens is 312 g/mol. The smallest absolute Gasteiger partial charge is 0.249 e. The van der Waals surface area contributed by atoms with Gasteiger partial charge < -0.3 is 10.5 Å². The summed E-state index contributed by atoms with van der Waals surface area (Å²) in [6.45, 7) is 0. The van der Waals surface area contributed by atoms with E-state index in [4.69, 9.17) is 15.5 Å². The number of methoxy groups -OCH3 is 1. The highest BCUT2D eigenvalue weighted by molar-refractivity contribution is 6.08. The van der Waals surface area contributed by atoms with Crippen LogP contribution >= 0.6 is 0 Å². The van der Waals surface area contributed by atoms with E-state index in [0.717, 1.165) is 51.9 Å². The number of nitrogens with two attached hydrogens (primary N) is 1. The van der Waals surface area contributed by atoms with E-state index in [1.54, 1.807) is 7.11 Å². The molecule has 0 saturated heterocycles. The van der Waals surface area contributed by atoms with Gasteiger partial charge in [0.05, 0.1) is 23.9 Å². The summed E-state index contributed by atoms with van der Waals surface area (Å²) in [5.41, 5.74) is 11.2. The van der Waals surface area contributed by atoms with Crippen molar-refractivity contribution in [1.29, 1.82) is 0 Å². The Morgan fingerprint density at radius 2 is 1.88 bits per heavy atom. The number of hydrogen-bond acceptors (Lipinski definition) is 3. The number of ether oxygens (including phenoxy) is 1. The summed E-state index contributed by atoms with van der Waals surface area (Å²) in [6, 6.07) is 15.6. The fraction of sp³-hybridized carbons (Fsp3) is 0.143. The van der Waals surface area contributed by atoms with E-state index in [2.05, 4.69) is 6.08 Å². The number of primary amides is 1. The molecule has 2 N–H and O–H groups in total. The van der Waals surface area contributed by atoms with Crippen molar-refractivity contribution in [3.8, 4) is 5.75 Å². The topological polar surface area (TPSA) is 65.2 Å². The molecule has 1 aromatic heterocycles. The van der Waals surface area contributed by atoms with Gasteiger partial charge in [-0.2, -0.15) is 0 Å². The molecule has 25 heavy (non-hydrogen) atoms. The van der Waals surface area contributed by atoms with Crippen LogP contribution in [0.2, 0.25) is 0 Å². The molecule has 0 atom stereocenters. The Balaban J connectivity index is 1.87. The second-order valence-electron chi connectivity index (χ2n) is 6.14. The number of pyridine rings is 1. The van der Waals surface area contributed by atoms with Gasteiger partial charge >= 0.3 is 0 Å². The molecule has 1 aliphatic carbocycles. The van der Waals surface area contributed by atoms with Gasteiger partial charge in [0, 0.05) is 5.39 Å². The van der Waals surface area contributed by atoms with Gasteiger partial charge in [0.25, 0.3) is 0 Å². The van der Waals surface area contributed by atoms with Gasteiger partial charge in [-0.05, 0) is 53.8 Å². The summed E-state index contributed by atoms with van der Waals surface area (Å²) < 4.78 is 5.20. The average Bonchev–Trinajstić information content (AvgIpc) is 3.02. The number of benzene rings is 2. The van der Waals surface area contributed by atoms with Crippen LogP contribution in [-0.4, -0.2) is 18.0 Å². The third-order valence-electron chi connectivity index (χ3n) is 4.64. The average molecular weight is 330 g/mol. The van der Waals surface area contributed by atoms with Crippen molar-refractivity contribution < 1.29 is 9.53 Å². The van der Waals surface area contributed by atoms with Gasteiger partial charge in [-0.15, -0.1) is 0 Å². The molecule has 3 aromatic rings. The van der Waals surface area contributed by atoms with Gasteiger partial charge in [0.15, 0.2) is 0 Å². The van der Waals surface area contributed by atoms with Crippen LogP contribution in [0, 0.1) is 0 Å². The summed E-state index contributed by atoms with van der Waals surface area (Å²) in [7, 11) is 1.65. The third kappa shape index (κ3) is 2.66. The molecule has 1 aliphatic rings. The minimum atomic E-state index is -0.388. The highest BCUT2D eigenvalue weighted by Gasteiger charge is 2.25. The molecule has 2 aromatic carbocycles. The van der Waals surface area contributed by atoms with Gasteiger partial charge in [-0.25, -0.2) is 4.98 Å². The zero-order valence-electron chi connectivity index (χ0n) is 14.0. The summed E-state index contributed by atoms with van der Waals surface area (Å²) in [5.74, 6) is 0.439. The Bertz CT molecular complexity index is 1000. The molecule has 4 rings (SSSR count). The van der Waals surface area contributed by atoms with Crippen molar-refractivity contribution in [3.05, 3.63) is 70.9 Å². The number of para-hydroxylation sites is 1. The highest BCUT2D eigenvalue weighted by atomic mass is 16.5. The molecule has 0 unspecified atom stereocenters. The van der Waals surface area contributed by atoms with E-state index in [9.17, 15) is 4.79 Å². The van der Waals surface area contributed by atoms with E-state index in [1.807, 2.05) is 48.5 Å². The van der Waals surface area contributed by atoms with E-state index in [-0.39, 0.29) is 5.91 Å². The summed E-state index contributed by atoms with van der Waals surface area (Å²) >= 11 is 0. The molecule has 1 heterocycles. The van der Waals surface area contributed by atoms with Crippen LogP contribution in [0.3, 0.4) is 0 Å². The Hall–Kier alpha value is -3.14. The molecule has 0 fully saturated rings. The van der Waals surface area contributed by atoms with Crippen molar-refractivity contribution in [2.24, 2.45) is 5.73 Å². The molecule has 4 nitrogen and oxygen atoms in total. The van der Waals surface area contributed by atoms with Crippen LogP contribution in [0.15, 0.2) is 48.5 Å². The predicted molar refractivity (Wildman–Crippen MR) is 99.4 cm³/mol. The van der Waals surface area contributed by atoms with Crippen LogP contribution in [-0.2, 0) is 6.42 Å². The second-order valence-corrected chi connectivity index (χ2v) is 6.14. The molecule has 0 bridgehead atoms. The first-order chi connectivity index (χ1) is 12.2. The predicted octanol–water partition coefficient (Wildman–Crippen LogP) is 3.83. The van der Waals surface area contributed by atoms with Crippen LogP contribution in [0.1, 0.15) is 33.6 Å². The van der Waals surface area contributed by atoms with Gasteiger partial charge in [0.1, 0.15) is 5.75 Å². The summed E-state index contributed by atoms with van der Waals surface area (Å²) in [4.78, 5) is 16.9. The number of aromatic nitrogens is 1. The minimum Gasteiger partial charge on any atom is -0.497 e. The van der Waals surface area contributed by atoms with Crippen molar-refractivity contribution in [1.82, 2.24) is 4.98 Å². The van der Waals surface area contributed by atoms with Gasteiger partial charge in [0.2, 0.25) is 5.91 Å². The van der Waals surface area contributed by atoms with Gasteiger partial charge in [-0.1, -0.05) is 30.3 Å². The monoisotopic (exact) mass is 330 g/mol. The minimum absolute atomic E-state index is 0.388. The Morgan fingerprint density at radius 3 is 2.60 bits per heavy atom. The Morgan fingerprint density at radius 1 is 1.12 bits per heavy atom. The van der Waals surface area contributed by atoms with Crippen molar-refractivity contribution in [2.45, 2.75) is 12.8 Å². The Labute approximate surface area is 145 Å². The van der Waals surface area contributed by atoms with Crippen LogP contribution < -0.4 is 10.5 Å². The number of hydrogen-bond donors (Lipinski definition) is 1. The largest absolute Gasteiger partial charge is 0.497 e. The molecular formula is C21H18N2O2. The van der Waals surface area contributed by atoms with Crippen molar-refractivity contribution >= 4 is 28.5 Å². The molecule has 0 aliphatic heterocycles. The van der Waals surface area contributed by atoms with Crippen LogP contribution in [0.4, 0.5) is 0 Å². The van der Waals surface area contributed by atoms with Crippen LogP contribution in [0.5, 0.6) is 5.75 Å². The number of fused-ring (bicyclic) bond motifs is 2. The first kappa shape index (κ1) is 15.4. The normalized spacial score (nSPS) is 14.7. The second kappa shape index (κ2) is 6.06. The van der Waals surface area contributed by atoms with Crippen LogP contribution in [0.25, 0.3) is 22.6 Å². The molecule has 1 amide bonds. The SMILES string of the molecule is COc1ccc(C=C2CCc3c2nc2ccccc2c3C(N)=O)cc1. The third-order valence-corrected chi connectivity index (χ3v) is 4.64. The van der Waals surface area contributed by atoms with E-state index in [1.165, 1.54) is 0 Å². The standard InChI is InChI=1S/C21H18N2O2/c1-25-15-9-6-13(7-10-15)12-14-8-11-17-19(21(22)24)16-4-2-3-5-18(16)23-20(14)17/h2-7,9-10,12H,8,11H2,1H3,(H2,22,24). The van der Waals surface area contributed by atoms with E-state index < -0.39 is 0 Å². The fourth-order valence-corrected chi connectivity index (χ4v) is 3.46. The zero-order chi connectivity index (χ0) is 17.4. The molecule has 4 heteroatoms. The lowest BCUT2D eigenvalue weighted by Crippen LogP contribution is -2.15. The maximum absolute atomic E-state index is 12.1. The highest BCUT2D eigenvalue weighted by Crippen LogP contribution is 2.37. The van der Waals surface area contributed by atoms with Crippen molar-refractivity contribution in [3.63, 3.8) is 0 Å². The number of amides is 1. The number of allylic oxidation sites excluding steroid dienone is 1. The summed E-state index contributed by atoms with van der Waals surface area (Å²) in [6.07, 6.45) is 3.76. The maximum atomic E-state index is 12.1. The van der Waals surface area contributed by atoms with Gasteiger partial charge in [-0.3, -0.25) is 4.79 Å². The van der Waals surface area contributed by atoms with Crippen molar-refractivity contribution in [2.75, 3.05) is 7.11 Å². The first-order valence-corrected chi connectivity index (χ1v) is 8.24. The van der Waals surface area contributed by atoms with E-state index in [0.29, 0.717) is 5.56 Å².